The van der Waals surface area contributed by atoms with E-state index in [0.29, 0.717) is 5.76 Å². The third kappa shape index (κ3) is 2.67. The molecule has 0 aromatic carbocycles. The lowest BCUT2D eigenvalue weighted by Crippen LogP contribution is -2.22. The number of ketones is 1. The zero-order valence-corrected chi connectivity index (χ0v) is 13.4. The van der Waals surface area contributed by atoms with Crippen LogP contribution in [-0.2, 0) is 14.3 Å². The molecule has 4 atom stereocenters. The molecule has 1 fully saturated rings. The minimum atomic E-state index is -0.263. The van der Waals surface area contributed by atoms with E-state index in [1.165, 1.54) is 0 Å². The fourth-order valence-electron chi connectivity index (χ4n) is 3.37. The number of ether oxygens (including phenoxy) is 1. The van der Waals surface area contributed by atoms with Crippen LogP contribution >= 0.6 is 0 Å². The summed E-state index contributed by atoms with van der Waals surface area (Å²) in [4.78, 5) is 23.5. The van der Waals surface area contributed by atoms with Gasteiger partial charge in [0.1, 0.15) is 11.5 Å². The number of cyclic esters (lactones) is 1. The number of carbonyl (C=O) groups excluding carboxylic acids is 2. The summed E-state index contributed by atoms with van der Waals surface area (Å²) < 4.78 is 5.13. The molecular formula is C20H20O3. The fraction of sp³-hybridized carbons (Fsp3) is 0.300. The third-order valence-corrected chi connectivity index (χ3v) is 4.71. The summed E-state index contributed by atoms with van der Waals surface area (Å²) in [7, 11) is 0. The lowest BCUT2D eigenvalue weighted by atomic mass is 9.77. The third-order valence-electron chi connectivity index (χ3n) is 4.71. The second-order valence-corrected chi connectivity index (χ2v) is 6.41. The van der Waals surface area contributed by atoms with E-state index in [9.17, 15) is 9.59 Å². The van der Waals surface area contributed by atoms with E-state index < -0.39 is 0 Å². The van der Waals surface area contributed by atoms with Gasteiger partial charge in [-0.3, -0.25) is 9.59 Å². The lowest BCUT2D eigenvalue weighted by Gasteiger charge is -2.26. The van der Waals surface area contributed by atoms with Crippen LogP contribution in [0.15, 0.2) is 72.1 Å². The highest BCUT2D eigenvalue weighted by atomic mass is 16.5. The van der Waals surface area contributed by atoms with Crippen molar-refractivity contribution in [1.29, 1.82) is 0 Å². The Morgan fingerprint density at radius 3 is 2.35 bits per heavy atom. The van der Waals surface area contributed by atoms with E-state index in [4.69, 9.17) is 4.74 Å². The standard InChI is InChI=1S/C20H20O3/c1-11(2)18-9-14(5-7-16(18)12(3)21)15-6-8-17-19(10-15)13(4)23-20(17)22/h5-10,16-19H,1,4H2,2-3H3. The predicted octanol–water partition coefficient (Wildman–Crippen LogP) is 3.68. The summed E-state index contributed by atoms with van der Waals surface area (Å²) in [6.45, 7) is 11.4. The normalized spacial score (nSPS) is 32.1. The zero-order chi connectivity index (χ0) is 16.7. The van der Waals surface area contributed by atoms with Crippen LogP contribution in [0.4, 0.5) is 0 Å². The van der Waals surface area contributed by atoms with Crippen LogP contribution in [0, 0.1) is 23.7 Å². The second-order valence-electron chi connectivity index (χ2n) is 6.41. The first kappa shape index (κ1) is 15.5. The number of hydrogen-bond donors (Lipinski definition) is 0. The average molecular weight is 308 g/mol. The number of hydrogen-bond acceptors (Lipinski definition) is 3. The molecule has 3 aliphatic rings. The largest absolute Gasteiger partial charge is 0.431 e. The van der Waals surface area contributed by atoms with Gasteiger partial charge in [-0.2, -0.15) is 0 Å². The maximum atomic E-state index is 11.8. The molecule has 23 heavy (non-hydrogen) atoms. The summed E-state index contributed by atoms with van der Waals surface area (Å²) in [6, 6.07) is 0. The molecule has 0 amide bonds. The molecule has 2 aliphatic carbocycles. The summed E-state index contributed by atoms with van der Waals surface area (Å²) in [5.41, 5.74) is 3.03. The Morgan fingerprint density at radius 2 is 1.70 bits per heavy atom. The Labute approximate surface area is 136 Å². The van der Waals surface area contributed by atoms with Crippen LogP contribution in [0.5, 0.6) is 0 Å². The lowest BCUT2D eigenvalue weighted by molar-refractivity contribution is -0.137. The number of allylic oxidation sites excluding steroid dienone is 8. The van der Waals surface area contributed by atoms with Gasteiger partial charge in [-0.15, -0.1) is 0 Å². The first-order chi connectivity index (χ1) is 10.9. The first-order valence-electron chi connectivity index (χ1n) is 7.75. The highest BCUT2D eigenvalue weighted by Crippen LogP contribution is 2.39. The van der Waals surface area contributed by atoms with E-state index in [2.05, 4.69) is 19.2 Å². The Hall–Kier alpha value is -2.42. The van der Waals surface area contributed by atoms with Gasteiger partial charge < -0.3 is 4.74 Å². The Morgan fingerprint density at radius 1 is 1.04 bits per heavy atom. The number of Topliss-reactive ketones (excluding diaryl/α,β-unsaturated/α-hetero) is 1. The monoisotopic (exact) mass is 308 g/mol. The number of carbonyl (C=O) groups is 2. The molecule has 0 aromatic heterocycles. The molecule has 1 saturated heterocycles. The van der Waals surface area contributed by atoms with Gasteiger partial charge in [0.05, 0.1) is 11.8 Å². The van der Waals surface area contributed by atoms with E-state index in [-0.39, 0.29) is 35.4 Å². The maximum absolute atomic E-state index is 11.8. The summed E-state index contributed by atoms with van der Waals surface area (Å²) >= 11 is 0. The molecule has 4 unspecified atom stereocenters. The van der Waals surface area contributed by atoms with Crippen molar-refractivity contribution in [1.82, 2.24) is 0 Å². The quantitative estimate of drug-likeness (QED) is 0.590. The molecule has 0 N–H and O–H groups in total. The van der Waals surface area contributed by atoms with Crippen LogP contribution in [0.3, 0.4) is 0 Å². The van der Waals surface area contributed by atoms with Crippen molar-refractivity contribution in [2.45, 2.75) is 13.8 Å². The van der Waals surface area contributed by atoms with Crippen molar-refractivity contribution in [3.8, 4) is 0 Å². The predicted molar refractivity (Wildman–Crippen MR) is 89.1 cm³/mol. The second kappa shape index (κ2) is 5.65. The summed E-state index contributed by atoms with van der Waals surface area (Å²) in [5, 5.41) is 0. The molecule has 1 heterocycles. The van der Waals surface area contributed by atoms with E-state index in [1.54, 1.807) is 6.92 Å². The van der Waals surface area contributed by atoms with Crippen LogP contribution in [0.25, 0.3) is 0 Å². The Kier molecular flexibility index (Phi) is 3.80. The van der Waals surface area contributed by atoms with Gasteiger partial charge in [0.15, 0.2) is 0 Å². The number of esters is 1. The van der Waals surface area contributed by atoms with Crippen LogP contribution in [0.2, 0.25) is 0 Å². The van der Waals surface area contributed by atoms with Crippen molar-refractivity contribution >= 4 is 11.8 Å². The molecule has 118 valence electrons. The number of fused-ring (bicyclic) bond motifs is 1. The van der Waals surface area contributed by atoms with E-state index >= 15 is 0 Å². The highest BCUT2D eigenvalue weighted by Gasteiger charge is 2.39. The van der Waals surface area contributed by atoms with Gasteiger partial charge in [-0.05, 0) is 25.0 Å². The van der Waals surface area contributed by atoms with Crippen LogP contribution in [-0.4, -0.2) is 11.8 Å². The molecule has 3 nitrogen and oxygen atoms in total. The molecule has 3 rings (SSSR count). The minimum absolute atomic E-state index is 0.00388. The Bertz CT molecular complexity index is 730. The van der Waals surface area contributed by atoms with Gasteiger partial charge in [0, 0.05) is 11.8 Å². The molecule has 3 heteroatoms. The maximum Gasteiger partial charge on any atom is 0.318 e. The van der Waals surface area contributed by atoms with Crippen molar-refractivity contribution in [2.24, 2.45) is 23.7 Å². The van der Waals surface area contributed by atoms with Crippen LogP contribution in [0.1, 0.15) is 13.8 Å². The van der Waals surface area contributed by atoms with Gasteiger partial charge in [0.2, 0.25) is 0 Å². The van der Waals surface area contributed by atoms with Crippen molar-refractivity contribution in [3.63, 3.8) is 0 Å². The van der Waals surface area contributed by atoms with Crippen molar-refractivity contribution < 1.29 is 14.3 Å². The number of rotatable bonds is 3. The van der Waals surface area contributed by atoms with E-state index in [1.807, 2.05) is 37.3 Å². The molecule has 0 bridgehead atoms. The van der Waals surface area contributed by atoms with Crippen molar-refractivity contribution in [2.75, 3.05) is 0 Å². The van der Waals surface area contributed by atoms with Gasteiger partial charge in [-0.25, -0.2) is 0 Å². The van der Waals surface area contributed by atoms with E-state index in [0.717, 1.165) is 16.7 Å². The summed E-state index contributed by atoms with van der Waals surface area (Å²) in [5.74, 6) is -0.114. The zero-order valence-electron chi connectivity index (χ0n) is 13.4. The molecule has 1 aliphatic heterocycles. The SMILES string of the molecule is C=C(C)C1C=C(C2=CC3C(=C)OC(=O)C3C=C2)C=CC1C(C)=O. The minimum Gasteiger partial charge on any atom is -0.431 e. The molecule has 0 saturated carbocycles. The first-order valence-corrected chi connectivity index (χ1v) is 7.75. The highest BCUT2D eigenvalue weighted by molar-refractivity contribution is 5.83. The van der Waals surface area contributed by atoms with Crippen molar-refractivity contribution in [3.05, 3.63) is 72.1 Å². The average Bonchev–Trinajstić information content (AvgIpc) is 2.80. The summed E-state index contributed by atoms with van der Waals surface area (Å²) in [6.07, 6.45) is 11.9. The van der Waals surface area contributed by atoms with Crippen LogP contribution < -0.4 is 0 Å². The van der Waals surface area contributed by atoms with Gasteiger partial charge in [-0.1, -0.05) is 55.2 Å². The molecular weight excluding hydrogens is 288 g/mol. The van der Waals surface area contributed by atoms with Gasteiger partial charge in [0.25, 0.3) is 0 Å². The molecule has 0 radical (unpaired) electrons. The topological polar surface area (TPSA) is 43.4 Å². The smallest absolute Gasteiger partial charge is 0.318 e. The molecule has 0 aromatic rings. The fourth-order valence-corrected chi connectivity index (χ4v) is 3.37. The molecule has 0 spiro atoms. The van der Waals surface area contributed by atoms with Gasteiger partial charge >= 0.3 is 5.97 Å². The Balaban J connectivity index is 1.92.